The number of hydrogen-bond donors (Lipinski definition) is 0. The summed E-state index contributed by atoms with van der Waals surface area (Å²) in [6, 6.07) is 14.2. The van der Waals surface area contributed by atoms with Crippen molar-refractivity contribution in [3.05, 3.63) is 59.9 Å². The predicted octanol–water partition coefficient (Wildman–Crippen LogP) is 2.59. The van der Waals surface area contributed by atoms with Crippen molar-refractivity contribution in [2.45, 2.75) is 6.54 Å². The highest BCUT2D eigenvalue weighted by Crippen LogP contribution is 2.20. The van der Waals surface area contributed by atoms with Crippen LogP contribution in [0.5, 0.6) is 0 Å². The Bertz CT molecular complexity index is 894. The van der Waals surface area contributed by atoms with Gasteiger partial charge in [-0.05, 0) is 42.9 Å². The van der Waals surface area contributed by atoms with Crippen LogP contribution in [0, 0.1) is 0 Å². The summed E-state index contributed by atoms with van der Waals surface area (Å²) >= 11 is 0. The van der Waals surface area contributed by atoms with Crippen molar-refractivity contribution in [3.63, 3.8) is 0 Å². The molecular formula is C20H22N4O. The van der Waals surface area contributed by atoms with Gasteiger partial charge >= 0.3 is 0 Å². The Balaban J connectivity index is 1.62. The fourth-order valence-corrected chi connectivity index (χ4v) is 3.37. The van der Waals surface area contributed by atoms with Crippen molar-refractivity contribution in [2.24, 2.45) is 0 Å². The second-order valence-corrected chi connectivity index (χ2v) is 6.73. The molecule has 0 bridgehead atoms. The Morgan fingerprint density at radius 2 is 1.92 bits per heavy atom. The third kappa shape index (κ3) is 3.34. The van der Waals surface area contributed by atoms with Gasteiger partial charge in [0.1, 0.15) is 12.6 Å². The molecule has 1 aliphatic heterocycles. The van der Waals surface area contributed by atoms with Crippen LogP contribution in [0.2, 0.25) is 0 Å². The van der Waals surface area contributed by atoms with E-state index in [1.165, 1.54) is 5.56 Å². The minimum absolute atomic E-state index is 0.669. The third-order valence-corrected chi connectivity index (χ3v) is 4.90. The molecule has 5 heteroatoms. The maximum absolute atomic E-state index is 11.1. The monoisotopic (exact) mass is 334 g/mol. The normalized spacial score (nSPS) is 16.4. The Morgan fingerprint density at radius 3 is 2.72 bits per heavy atom. The number of hydrogen-bond acceptors (Lipinski definition) is 4. The van der Waals surface area contributed by atoms with Crippen molar-refractivity contribution in [1.82, 2.24) is 19.4 Å². The van der Waals surface area contributed by atoms with E-state index in [1.807, 2.05) is 18.5 Å². The molecule has 4 rings (SSSR count). The molecule has 0 amide bonds. The minimum atomic E-state index is 0.669. The average molecular weight is 334 g/mol. The minimum Gasteiger partial charge on any atom is -0.304 e. The van der Waals surface area contributed by atoms with Crippen LogP contribution in [0.15, 0.2) is 48.8 Å². The Morgan fingerprint density at radius 1 is 1.08 bits per heavy atom. The van der Waals surface area contributed by atoms with Crippen LogP contribution in [0.1, 0.15) is 15.9 Å². The number of piperazine rings is 1. The van der Waals surface area contributed by atoms with E-state index in [4.69, 9.17) is 0 Å². The van der Waals surface area contributed by atoms with E-state index in [0.29, 0.717) is 5.56 Å². The summed E-state index contributed by atoms with van der Waals surface area (Å²) in [5.41, 5.74) is 4.91. The molecule has 0 radical (unpaired) electrons. The summed E-state index contributed by atoms with van der Waals surface area (Å²) in [4.78, 5) is 20.4. The molecule has 5 nitrogen and oxygen atoms in total. The van der Waals surface area contributed by atoms with Gasteiger partial charge in [0.25, 0.3) is 0 Å². The lowest BCUT2D eigenvalue weighted by Gasteiger charge is -2.32. The maximum Gasteiger partial charge on any atom is 0.150 e. The largest absolute Gasteiger partial charge is 0.304 e. The molecule has 0 aliphatic carbocycles. The predicted molar refractivity (Wildman–Crippen MR) is 99.2 cm³/mol. The molecule has 1 fully saturated rings. The Labute approximate surface area is 147 Å². The zero-order valence-electron chi connectivity index (χ0n) is 14.4. The van der Waals surface area contributed by atoms with Crippen molar-refractivity contribution < 1.29 is 4.79 Å². The molecule has 0 unspecified atom stereocenters. The Kier molecular flexibility index (Phi) is 4.34. The van der Waals surface area contributed by atoms with E-state index in [9.17, 15) is 4.79 Å². The van der Waals surface area contributed by atoms with Gasteiger partial charge in [0.15, 0.2) is 0 Å². The van der Waals surface area contributed by atoms with E-state index in [1.54, 1.807) is 6.07 Å². The molecule has 1 aliphatic rings. The molecule has 0 spiro atoms. The first kappa shape index (κ1) is 16.0. The van der Waals surface area contributed by atoms with Gasteiger partial charge in [0, 0.05) is 44.0 Å². The van der Waals surface area contributed by atoms with Crippen LogP contribution in [-0.2, 0) is 6.54 Å². The third-order valence-electron chi connectivity index (χ3n) is 4.90. The number of rotatable bonds is 4. The lowest BCUT2D eigenvalue weighted by Crippen LogP contribution is -2.43. The summed E-state index contributed by atoms with van der Waals surface area (Å²) in [7, 11) is 2.18. The van der Waals surface area contributed by atoms with Crippen LogP contribution >= 0.6 is 0 Å². The summed E-state index contributed by atoms with van der Waals surface area (Å²) in [5.74, 6) is 0. The van der Waals surface area contributed by atoms with Crippen molar-refractivity contribution in [2.75, 3.05) is 33.2 Å². The molecule has 1 aromatic heterocycles. The average Bonchev–Trinajstić information content (AvgIpc) is 3.07. The fourth-order valence-electron chi connectivity index (χ4n) is 3.37. The van der Waals surface area contributed by atoms with Crippen LogP contribution in [0.3, 0.4) is 0 Å². The smallest absolute Gasteiger partial charge is 0.150 e. The highest BCUT2D eigenvalue weighted by molar-refractivity contribution is 5.85. The highest BCUT2D eigenvalue weighted by Gasteiger charge is 2.14. The van der Waals surface area contributed by atoms with E-state index in [-0.39, 0.29) is 0 Å². The molecule has 2 heterocycles. The number of aldehydes is 1. The highest BCUT2D eigenvalue weighted by atomic mass is 16.1. The number of aromatic nitrogens is 2. The number of nitrogens with zero attached hydrogens (tertiary/aromatic N) is 4. The summed E-state index contributed by atoms with van der Waals surface area (Å²) in [5, 5.41) is 0. The number of fused-ring (bicyclic) bond motifs is 1. The number of carbonyl (C=O) groups excluding carboxylic acids is 1. The molecule has 3 aromatic rings. The summed E-state index contributed by atoms with van der Waals surface area (Å²) in [6.45, 7) is 5.43. The number of benzene rings is 2. The Hall–Kier alpha value is -2.50. The van der Waals surface area contributed by atoms with Crippen molar-refractivity contribution in [1.29, 1.82) is 0 Å². The molecule has 128 valence electrons. The van der Waals surface area contributed by atoms with Crippen LogP contribution in [-0.4, -0.2) is 58.9 Å². The fraction of sp³-hybridized carbons (Fsp3) is 0.300. The van der Waals surface area contributed by atoms with E-state index in [0.717, 1.165) is 55.7 Å². The van der Waals surface area contributed by atoms with Crippen LogP contribution in [0.25, 0.3) is 16.7 Å². The van der Waals surface area contributed by atoms with Crippen molar-refractivity contribution in [3.8, 4) is 5.69 Å². The zero-order chi connectivity index (χ0) is 17.2. The molecule has 0 N–H and O–H groups in total. The standard InChI is InChI=1S/C20H22N4O/c1-22-7-9-23(10-8-22)13-16-3-2-4-18(11-16)24-15-21-19-6-5-17(14-25)12-20(19)24/h2-6,11-12,14-15H,7-10,13H2,1H3. The number of carbonyl (C=O) groups is 1. The molecule has 0 saturated carbocycles. The summed E-state index contributed by atoms with van der Waals surface area (Å²) in [6.07, 6.45) is 2.70. The van der Waals surface area contributed by atoms with E-state index < -0.39 is 0 Å². The van der Waals surface area contributed by atoms with Gasteiger partial charge in [-0.15, -0.1) is 0 Å². The van der Waals surface area contributed by atoms with Gasteiger partial charge in [0.05, 0.1) is 11.0 Å². The topological polar surface area (TPSA) is 41.4 Å². The first-order valence-electron chi connectivity index (χ1n) is 8.65. The first-order valence-corrected chi connectivity index (χ1v) is 8.65. The first-order chi connectivity index (χ1) is 12.2. The van der Waals surface area contributed by atoms with Gasteiger partial charge < -0.3 is 4.90 Å². The second-order valence-electron chi connectivity index (χ2n) is 6.73. The van der Waals surface area contributed by atoms with Gasteiger partial charge in [-0.1, -0.05) is 12.1 Å². The second kappa shape index (κ2) is 6.78. The van der Waals surface area contributed by atoms with Gasteiger partial charge in [-0.3, -0.25) is 14.3 Å². The van der Waals surface area contributed by atoms with Gasteiger partial charge in [-0.2, -0.15) is 0 Å². The lowest BCUT2D eigenvalue weighted by molar-refractivity contribution is 0.112. The molecule has 0 atom stereocenters. The quantitative estimate of drug-likeness (QED) is 0.688. The van der Waals surface area contributed by atoms with Crippen molar-refractivity contribution >= 4 is 17.3 Å². The summed E-state index contributed by atoms with van der Waals surface area (Å²) < 4.78 is 2.05. The maximum atomic E-state index is 11.1. The van der Waals surface area contributed by atoms with E-state index >= 15 is 0 Å². The van der Waals surface area contributed by atoms with Gasteiger partial charge in [-0.25, -0.2) is 4.98 Å². The molecule has 1 saturated heterocycles. The number of likely N-dealkylation sites (N-methyl/N-ethyl adjacent to an activating group) is 1. The zero-order valence-corrected chi connectivity index (χ0v) is 14.4. The lowest BCUT2D eigenvalue weighted by atomic mass is 10.1. The SMILES string of the molecule is CN1CCN(Cc2cccc(-n3cnc4ccc(C=O)cc43)c2)CC1. The molecular weight excluding hydrogens is 312 g/mol. The van der Waals surface area contributed by atoms with Gasteiger partial charge in [0.2, 0.25) is 0 Å². The van der Waals surface area contributed by atoms with Crippen LogP contribution < -0.4 is 0 Å². The number of imidazole rings is 1. The molecule has 2 aromatic carbocycles. The van der Waals surface area contributed by atoms with E-state index in [2.05, 4.69) is 50.7 Å². The van der Waals surface area contributed by atoms with Crippen LogP contribution in [0.4, 0.5) is 0 Å². The molecule has 25 heavy (non-hydrogen) atoms.